The Kier molecular flexibility index (Phi) is 2.57. The van der Waals surface area contributed by atoms with Crippen molar-refractivity contribution in [3.05, 3.63) is 64.7 Å². The highest BCUT2D eigenvalue weighted by Gasteiger charge is 2.03. The molecule has 4 N–H and O–H groups in total. The van der Waals surface area contributed by atoms with E-state index in [0.29, 0.717) is 0 Å². The van der Waals surface area contributed by atoms with Crippen LogP contribution in [-0.4, -0.2) is 15.0 Å². The molecule has 0 amide bonds. The summed E-state index contributed by atoms with van der Waals surface area (Å²) < 4.78 is 0. The lowest BCUT2D eigenvalue weighted by Gasteiger charge is -2.07. The molecular weight excluding hydrogens is 264 g/mol. The second kappa shape index (κ2) is 4.56. The molecule has 5 nitrogen and oxygen atoms in total. The molecule has 104 valence electrons. The number of anilines is 1. The number of benzene rings is 2. The number of hydrogen-bond donors (Lipinski definition) is 4. The fraction of sp³-hybridized carbons (Fsp3) is 0.0625. The van der Waals surface area contributed by atoms with E-state index in [9.17, 15) is 4.79 Å². The van der Waals surface area contributed by atoms with Gasteiger partial charge in [-0.15, -0.1) is 0 Å². The van der Waals surface area contributed by atoms with Gasteiger partial charge >= 0.3 is 5.69 Å². The van der Waals surface area contributed by atoms with E-state index >= 15 is 0 Å². The van der Waals surface area contributed by atoms with Crippen molar-refractivity contribution in [2.24, 2.45) is 0 Å². The van der Waals surface area contributed by atoms with Crippen LogP contribution < -0.4 is 11.0 Å². The maximum absolute atomic E-state index is 11.3. The molecule has 2 aromatic heterocycles. The molecular formula is C16H14N4O. The van der Waals surface area contributed by atoms with Crippen LogP contribution in [0.15, 0.2) is 53.5 Å². The summed E-state index contributed by atoms with van der Waals surface area (Å²) in [7, 11) is 0. The largest absolute Gasteiger partial charge is 0.381 e. The van der Waals surface area contributed by atoms with Gasteiger partial charge in [0.25, 0.3) is 0 Å². The van der Waals surface area contributed by atoms with Crippen LogP contribution in [0.5, 0.6) is 0 Å². The zero-order valence-corrected chi connectivity index (χ0v) is 11.2. The summed E-state index contributed by atoms with van der Waals surface area (Å²) in [5.41, 5.74) is 4.78. The third-order valence-electron chi connectivity index (χ3n) is 3.67. The van der Waals surface area contributed by atoms with Gasteiger partial charge in [-0.25, -0.2) is 4.79 Å². The molecule has 2 aromatic carbocycles. The topological polar surface area (TPSA) is 76.5 Å². The van der Waals surface area contributed by atoms with E-state index in [2.05, 4.69) is 44.5 Å². The van der Waals surface area contributed by atoms with Crippen LogP contribution in [0.1, 0.15) is 5.56 Å². The molecule has 0 saturated heterocycles. The fourth-order valence-corrected chi connectivity index (χ4v) is 2.64. The molecule has 0 bridgehead atoms. The maximum Gasteiger partial charge on any atom is 0.323 e. The van der Waals surface area contributed by atoms with E-state index in [1.54, 1.807) is 0 Å². The van der Waals surface area contributed by atoms with Crippen molar-refractivity contribution in [2.45, 2.75) is 6.54 Å². The summed E-state index contributed by atoms with van der Waals surface area (Å²) in [5, 5.41) is 4.60. The lowest BCUT2D eigenvalue weighted by atomic mass is 10.1. The Morgan fingerprint density at radius 1 is 1.00 bits per heavy atom. The predicted molar refractivity (Wildman–Crippen MR) is 84.5 cm³/mol. The summed E-state index contributed by atoms with van der Waals surface area (Å²) in [4.78, 5) is 20.0. The van der Waals surface area contributed by atoms with Gasteiger partial charge in [0.15, 0.2) is 0 Å². The minimum absolute atomic E-state index is 0.182. The monoisotopic (exact) mass is 278 g/mol. The average molecular weight is 278 g/mol. The predicted octanol–water partition coefficient (Wildman–Crippen LogP) is 2.95. The Hall–Kier alpha value is -2.95. The molecule has 0 spiro atoms. The van der Waals surface area contributed by atoms with Crippen LogP contribution in [0.25, 0.3) is 21.9 Å². The second-order valence-corrected chi connectivity index (χ2v) is 5.05. The molecule has 2 heterocycles. The number of fused-ring (bicyclic) bond motifs is 2. The van der Waals surface area contributed by atoms with Crippen molar-refractivity contribution in [3.8, 4) is 0 Å². The normalized spacial score (nSPS) is 11.2. The zero-order valence-electron chi connectivity index (χ0n) is 11.2. The van der Waals surface area contributed by atoms with Crippen molar-refractivity contribution < 1.29 is 0 Å². The van der Waals surface area contributed by atoms with Gasteiger partial charge in [-0.3, -0.25) is 0 Å². The van der Waals surface area contributed by atoms with Gasteiger partial charge in [-0.05, 0) is 35.2 Å². The number of H-pyrrole nitrogens is 3. The van der Waals surface area contributed by atoms with Gasteiger partial charge in [0, 0.05) is 18.4 Å². The Balaban J connectivity index is 1.62. The molecule has 0 atom stereocenters. The smallest absolute Gasteiger partial charge is 0.323 e. The van der Waals surface area contributed by atoms with Crippen molar-refractivity contribution in [3.63, 3.8) is 0 Å². The maximum atomic E-state index is 11.3. The van der Waals surface area contributed by atoms with Crippen LogP contribution in [0, 0.1) is 0 Å². The number of aromatic amines is 3. The quantitative estimate of drug-likeness (QED) is 0.465. The van der Waals surface area contributed by atoms with E-state index in [4.69, 9.17) is 0 Å². The first-order valence-electron chi connectivity index (χ1n) is 6.80. The average Bonchev–Trinajstić information content (AvgIpc) is 3.09. The summed E-state index contributed by atoms with van der Waals surface area (Å²) >= 11 is 0. The third kappa shape index (κ3) is 2.08. The minimum Gasteiger partial charge on any atom is -0.381 e. The van der Waals surface area contributed by atoms with Gasteiger partial charge in [0.1, 0.15) is 0 Å². The van der Waals surface area contributed by atoms with Crippen molar-refractivity contribution in [1.82, 2.24) is 15.0 Å². The molecule has 0 radical (unpaired) electrons. The molecule has 0 unspecified atom stereocenters. The van der Waals surface area contributed by atoms with E-state index < -0.39 is 0 Å². The first kappa shape index (κ1) is 11.8. The number of aromatic nitrogens is 3. The van der Waals surface area contributed by atoms with Crippen LogP contribution in [0.3, 0.4) is 0 Å². The highest BCUT2D eigenvalue weighted by molar-refractivity contribution is 5.83. The van der Waals surface area contributed by atoms with Crippen LogP contribution in [0.4, 0.5) is 5.69 Å². The van der Waals surface area contributed by atoms with Crippen molar-refractivity contribution in [2.75, 3.05) is 5.32 Å². The zero-order chi connectivity index (χ0) is 14.2. The summed E-state index contributed by atoms with van der Waals surface area (Å²) in [6.07, 6.45) is 1.95. The van der Waals surface area contributed by atoms with Gasteiger partial charge in [0.05, 0.1) is 16.6 Å². The highest BCUT2D eigenvalue weighted by atomic mass is 16.1. The summed E-state index contributed by atoms with van der Waals surface area (Å²) in [6.45, 7) is 0.720. The van der Waals surface area contributed by atoms with Gasteiger partial charge in [-0.2, -0.15) is 0 Å². The van der Waals surface area contributed by atoms with E-state index in [1.807, 2.05) is 24.4 Å². The third-order valence-corrected chi connectivity index (χ3v) is 3.67. The number of imidazole rings is 1. The summed E-state index contributed by atoms with van der Waals surface area (Å²) in [5.74, 6) is 0. The molecule has 0 fully saturated rings. The van der Waals surface area contributed by atoms with Crippen LogP contribution in [-0.2, 0) is 6.54 Å². The molecule has 0 aliphatic carbocycles. The Morgan fingerprint density at radius 3 is 2.86 bits per heavy atom. The molecule has 4 rings (SSSR count). The van der Waals surface area contributed by atoms with E-state index in [0.717, 1.165) is 28.8 Å². The Morgan fingerprint density at radius 2 is 1.90 bits per heavy atom. The molecule has 0 aliphatic heterocycles. The van der Waals surface area contributed by atoms with Crippen LogP contribution in [0.2, 0.25) is 0 Å². The molecule has 0 saturated carbocycles. The first-order valence-corrected chi connectivity index (χ1v) is 6.80. The minimum atomic E-state index is -0.182. The van der Waals surface area contributed by atoms with Crippen molar-refractivity contribution in [1.29, 1.82) is 0 Å². The standard InChI is InChI=1S/C16H14N4O/c21-16-19-13-5-4-12(8-14(13)20-16)18-9-11-3-1-2-10-6-7-17-15(10)11/h1-8,17-18H,9H2,(H2,19,20,21). The second-order valence-electron chi connectivity index (χ2n) is 5.05. The Bertz CT molecular complexity index is 976. The van der Waals surface area contributed by atoms with E-state index in [-0.39, 0.29) is 5.69 Å². The SMILES string of the molecule is O=c1[nH]c2ccc(NCc3cccc4cc[nH]c34)cc2[nH]1. The highest BCUT2D eigenvalue weighted by Crippen LogP contribution is 2.19. The fourth-order valence-electron chi connectivity index (χ4n) is 2.64. The molecule has 0 aliphatic rings. The molecule has 4 aromatic rings. The lowest BCUT2D eigenvalue weighted by molar-refractivity contribution is 1.16. The van der Waals surface area contributed by atoms with Gasteiger partial charge in [-0.1, -0.05) is 18.2 Å². The van der Waals surface area contributed by atoms with Gasteiger partial charge < -0.3 is 20.3 Å². The number of rotatable bonds is 3. The molecule has 5 heteroatoms. The number of para-hydroxylation sites is 1. The first-order chi connectivity index (χ1) is 10.3. The Labute approximate surface area is 120 Å². The lowest BCUT2D eigenvalue weighted by Crippen LogP contribution is -2.00. The van der Waals surface area contributed by atoms with E-state index in [1.165, 1.54) is 10.9 Å². The van der Waals surface area contributed by atoms with Crippen molar-refractivity contribution >= 4 is 27.6 Å². The van der Waals surface area contributed by atoms with Gasteiger partial charge in [0.2, 0.25) is 0 Å². The number of nitrogens with one attached hydrogen (secondary N) is 4. The summed E-state index contributed by atoms with van der Waals surface area (Å²) in [6, 6.07) is 14.1. The molecule has 21 heavy (non-hydrogen) atoms. The number of hydrogen-bond acceptors (Lipinski definition) is 2. The van der Waals surface area contributed by atoms with Crippen LogP contribution >= 0.6 is 0 Å².